The Kier molecular flexibility index (Phi) is 7.63. The summed E-state index contributed by atoms with van der Waals surface area (Å²) in [7, 11) is 0. The van der Waals surface area contributed by atoms with Gasteiger partial charge in [-0.15, -0.1) is 0 Å². The summed E-state index contributed by atoms with van der Waals surface area (Å²) < 4.78 is 6.06. The second kappa shape index (κ2) is 10.4. The highest BCUT2D eigenvalue weighted by Gasteiger charge is 2.22. The molecule has 3 rings (SSSR count). The van der Waals surface area contributed by atoms with Gasteiger partial charge in [-0.05, 0) is 50.9 Å². The van der Waals surface area contributed by atoms with Crippen molar-refractivity contribution in [3.8, 4) is 0 Å². The van der Waals surface area contributed by atoms with Crippen LogP contribution in [0.3, 0.4) is 0 Å². The van der Waals surface area contributed by atoms with E-state index in [9.17, 15) is 4.79 Å². The molecule has 1 fully saturated rings. The molecule has 0 radical (unpaired) electrons. The molecule has 4 nitrogen and oxygen atoms in total. The van der Waals surface area contributed by atoms with Crippen LogP contribution < -0.4 is 10.6 Å². The molecule has 150 valence electrons. The molecule has 1 unspecified atom stereocenters. The van der Waals surface area contributed by atoms with Gasteiger partial charge in [0.25, 0.3) is 0 Å². The zero-order valence-electron chi connectivity index (χ0n) is 17.0. The van der Waals surface area contributed by atoms with Crippen LogP contribution in [-0.4, -0.2) is 32.1 Å². The lowest BCUT2D eigenvalue weighted by molar-refractivity contribution is -0.125. The highest BCUT2D eigenvalue weighted by Crippen LogP contribution is 2.18. The smallest absolute Gasteiger partial charge is 0.223 e. The fourth-order valence-corrected chi connectivity index (χ4v) is 3.92. The molecule has 0 aromatic heterocycles. The standard InChI is InChI=1S/C24H32N2O2/c1-18-12-19(2)14-20(13-18)16-28-17-23(21-6-4-3-5-7-21)15-26-24(27)22-8-10-25-11-9-22/h3-7,12-14,22-23,25H,8-11,15-17H2,1-2H3,(H,26,27). The predicted octanol–water partition coefficient (Wildman–Crippen LogP) is 3.72. The highest BCUT2D eigenvalue weighted by molar-refractivity contribution is 5.78. The molecule has 0 saturated carbocycles. The Bertz CT molecular complexity index is 734. The van der Waals surface area contributed by atoms with E-state index in [1.165, 1.54) is 22.3 Å². The molecule has 0 aliphatic carbocycles. The van der Waals surface area contributed by atoms with Crippen LogP contribution >= 0.6 is 0 Å². The lowest BCUT2D eigenvalue weighted by atomic mass is 9.96. The third-order valence-corrected chi connectivity index (χ3v) is 5.37. The Morgan fingerprint density at radius 1 is 1.11 bits per heavy atom. The number of benzene rings is 2. The van der Waals surface area contributed by atoms with Crippen LogP contribution in [0.4, 0.5) is 0 Å². The number of amides is 1. The Morgan fingerprint density at radius 2 is 1.79 bits per heavy atom. The van der Waals surface area contributed by atoms with E-state index in [1.54, 1.807) is 0 Å². The first-order valence-corrected chi connectivity index (χ1v) is 10.3. The summed E-state index contributed by atoms with van der Waals surface area (Å²) in [6, 6.07) is 16.8. The average molecular weight is 381 g/mol. The Hall–Kier alpha value is -2.17. The summed E-state index contributed by atoms with van der Waals surface area (Å²) in [5, 5.41) is 6.48. The fraction of sp³-hybridized carbons (Fsp3) is 0.458. The highest BCUT2D eigenvalue weighted by atomic mass is 16.5. The maximum absolute atomic E-state index is 12.5. The van der Waals surface area contributed by atoms with E-state index in [2.05, 4.69) is 54.8 Å². The zero-order valence-corrected chi connectivity index (χ0v) is 17.0. The van der Waals surface area contributed by atoms with Crippen LogP contribution in [0.1, 0.15) is 41.0 Å². The monoisotopic (exact) mass is 380 g/mol. The molecule has 1 saturated heterocycles. The maximum Gasteiger partial charge on any atom is 0.223 e. The first-order chi connectivity index (χ1) is 13.6. The molecule has 2 aromatic carbocycles. The third-order valence-electron chi connectivity index (χ3n) is 5.37. The molecular weight excluding hydrogens is 348 g/mol. The minimum atomic E-state index is 0.133. The van der Waals surface area contributed by atoms with Gasteiger partial charge in [0.05, 0.1) is 13.2 Å². The minimum absolute atomic E-state index is 0.133. The van der Waals surface area contributed by atoms with Gasteiger partial charge in [-0.25, -0.2) is 0 Å². The number of hydrogen-bond donors (Lipinski definition) is 2. The molecular formula is C24H32N2O2. The van der Waals surface area contributed by atoms with Crippen molar-refractivity contribution in [1.29, 1.82) is 0 Å². The maximum atomic E-state index is 12.5. The van der Waals surface area contributed by atoms with E-state index in [0.717, 1.165) is 25.9 Å². The van der Waals surface area contributed by atoms with Gasteiger partial charge in [-0.2, -0.15) is 0 Å². The number of hydrogen-bond acceptors (Lipinski definition) is 3. The van der Waals surface area contributed by atoms with Crippen molar-refractivity contribution in [3.63, 3.8) is 0 Å². The number of ether oxygens (including phenoxy) is 1. The van der Waals surface area contributed by atoms with Crippen molar-refractivity contribution in [1.82, 2.24) is 10.6 Å². The first kappa shape index (κ1) is 20.6. The minimum Gasteiger partial charge on any atom is -0.376 e. The van der Waals surface area contributed by atoms with Crippen LogP contribution in [0.15, 0.2) is 48.5 Å². The van der Waals surface area contributed by atoms with Gasteiger partial charge < -0.3 is 15.4 Å². The molecule has 28 heavy (non-hydrogen) atoms. The average Bonchev–Trinajstić information content (AvgIpc) is 2.71. The number of rotatable bonds is 8. The summed E-state index contributed by atoms with van der Waals surface area (Å²) in [5.41, 5.74) is 4.91. The zero-order chi connectivity index (χ0) is 19.8. The van der Waals surface area contributed by atoms with E-state index in [4.69, 9.17) is 4.74 Å². The quantitative estimate of drug-likeness (QED) is 0.734. The molecule has 1 aliphatic rings. The lowest BCUT2D eigenvalue weighted by Crippen LogP contribution is -2.40. The summed E-state index contributed by atoms with van der Waals surface area (Å²) in [4.78, 5) is 12.5. The van der Waals surface area contributed by atoms with Crippen molar-refractivity contribution in [2.24, 2.45) is 5.92 Å². The van der Waals surface area contributed by atoms with Crippen LogP contribution in [-0.2, 0) is 16.1 Å². The largest absolute Gasteiger partial charge is 0.376 e. The van der Waals surface area contributed by atoms with Crippen molar-refractivity contribution in [2.45, 2.75) is 39.2 Å². The Labute approximate surface area is 168 Å². The fourth-order valence-electron chi connectivity index (χ4n) is 3.92. The van der Waals surface area contributed by atoms with E-state index in [1.807, 2.05) is 18.2 Å². The van der Waals surface area contributed by atoms with Crippen LogP contribution in [0.5, 0.6) is 0 Å². The molecule has 1 amide bonds. The third kappa shape index (κ3) is 6.18. The lowest BCUT2D eigenvalue weighted by Gasteiger charge is -2.24. The summed E-state index contributed by atoms with van der Waals surface area (Å²) in [5.74, 6) is 0.461. The molecule has 2 aromatic rings. The van der Waals surface area contributed by atoms with E-state index < -0.39 is 0 Å². The predicted molar refractivity (Wildman–Crippen MR) is 113 cm³/mol. The van der Waals surface area contributed by atoms with Crippen LogP contribution in [0.25, 0.3) is 0 Å². The Balaban J connectivity index is 1.56. The van der Waals surface area contributed by atoms with Gasteiger partial charge in [0, 0.05) is 18.4 Å². The molecule has 1 aliphatic heterocycles. The second-order valence-electron chi connectivity index (χ2n) is 7.89. The van der Waals surface area contributed by atoms with Crippen LogP contribution in [0, 0.1) is 19.8 Å². The molecule has 0 spiro atoms. The molecule has 2 N–H and O–H groups in total. The van der Waals surface area contributed by atoms with Gasteiger partial charge in [0.15, 0.2) is 0 Å². The molecule has 1 heterocycles. The van der Waals surface area contributed by atoms with Gasteiger partial charge >= 0.3 is 0 Å². The van der Waals surface area contributed by atoms with E-state index in [-0.39, 0.29) is 17.7 Å². The van der Waals surface area contributed by atoms with Crippen molar-refractivity contribution >= 4 is 5.91 Å². The topological polar surface area (TPSA) is 50.4 Å². The van der Waals surface area contributed by atoms with Crippen molar-refractivity contribution in [2.75, 3.05) is 26.2 Å². The Morgan fingerprint density at radius 3 is 2.46 bits per heavy atom. The summed E-state index contributed by atoms with van der Waals surface area (Å²) >= 11 is 0. The number of carbonyl (C=O) groups is 1. The van der Waals surface area contributed by atoms with Gasteiger partial charge in [-0.1, -0.05) is 59.7 Å². The number of carbonyl (C=O) groups excluding carboxylic acids is 1. The molecule has 1 atom stereocenters. The van der Waals surface area contributed by atoms with E-state index >= 15 is 0 Å². The number of nitrogens with one attached hydrogen (secondary N) is 2. The van der Waals surface area contributed by atoms with Gasteiger partial charge in [0.1, 0.15) is 0 Å². The number of piperidine rings is 1. The SMILES string of the molecule is Cc1cc(C)cc(COCC(CNC(=O)C2CCNCC2)c2ccccc2)c1. The number of aryl methyl sites for hydroxylation is 2. The molecule has 0 bridgehead atoms. The van der Waals surface area contributed by atoms with Gasteiger partial charge in [0.2, 0.25) is 5.91 Å². The van der Waals surface area contributed by atoms with Crippen molar-refractivity contribution in [3.05, 3.63) is 70.8 Å². The van der Waals surface area contributed by atoms with Crippen LogP contribution in [0.2, 0.25) is 0 Å². The summed E-state index contributed by atoms with van der Waals surface area (Å²) in [6.45, 7) is 7.87. The van der Waals surface area contributed by atoms with Crippen molar-refractivity contribution < 1.29 is 9.53 Å². The molecule has 4 heteroatoms. The first-order valence-electron chi connectivity index (χ1n) is 10.3. The van der Waals surface area contributed by atoms with E-state index in [0.29, 0.717) is 19.8 Å². The normalized spacial score (nSPS) is 15.9. The van der Waals surface area contributed by atoms with Gasteiger partial charge in [-0.3, -0.25) is 4.79 Å². The summed E-state index contributed by atoms with van der Waals surface area (Å²) in [6.07, 6.45) is 1.84. The second-order valence-corrected chi connectivity index (χ2v) is 7.89.